The lowest BCUT2D eigenvalue weighted by Gasteiger charge is -2.29. The maximum Gasteiger partial charge on any atom is 0.262 e. The van der Waals surface area contributed by atoms with Gasteiger partial charge < -0.3 is 9.64 Å². The second-order valence-corrected chi connectivity index (χ2v) is 8.29. The van der Waals surface area contributed by atoms with Gasteiger partial charge in [0.15, 0.2) is 0 Å². The number of carbonyl (C=O) groups is 1. The molecule has 0 spiro atoms. The van der Waals surface area contributed by atoms with Crippen molar-refractivity contribution in [1.82, 2.24) is 4.90 Å². The van der Waals surface area contributed by atoms with E-state index >= 15 is 0 Å². The van der Waals surface area contributed by atoms with Crippen molar-refractivity contribution in [3.8, 4) is 5.75 Å². The van der Waals surface area contributed by atoms with E-state index < -0.39 is 10.0 Å². The maximum absolute atomic E-state index is 12.8. The zero-order valence-electron chi connectivity index (χ0n) is 15.8. The normalized spacial score (nSPS) is 13.8. The van der Waals surface area contributed by atoms with Gasteiger partial charge in [0.2, 0.25) is 5.91 Å². The maximum atomic E-state index is 12.8. The molecule has 0 aliphatic carbocycles. The molecule has 1 N–H and O–H groups in total. The largest absolute Gasteiger partial charge is 0.497 e. The monoisotopic (exact) mass is 388 g/mol. The third-order valence-corrected chi connectivity index (χ3v) is 6.34. The van der Waals surface area contributed by atoms with Crippen molar-refractivity contribution in [3.63, 3.8) is 0 Å². The van der Waals surface area contributed by atoms with Crippen molar-refractivity contribution >= 4 is 21.6 Å². The third kappa shape index (κ3) is 4.08. The van der Waals surface area contributed by atoms with E-state index in [9.17, 15) is 13.2 Å². The molecule has 6 nitrogen and oxygen atoms in total. The molecule has 0 unspecified atom stereocenters. The summed E-state index contributed by atoms with van der Waals surface area (Å²) >= 11 is 0. The molecule has 3 rings (SSSR count). The summed E-state index contributed by atoms with van der Waals surface area (Å²) in [5.74, 6) is 0.724. The number of methoxy groups -OCH3 is 1. The predicted molar refractivity (Wildman–Crippen MR) is 104 cm³/mol. The Morgan fingerprint density at radius 3 is 2.63 bits per heavy atom. The number of nitrogens with zero attached hydrogens (tertiary/aromatic N) is 1. The summed E-state index contributed by atoms with van der Waals surface area (Å²) in [4.78, 5) is 14.0. The first-order chi connectivity index (χ1) is 12.8. The fourth-order valence-corrected chi connectivity index (χ4v) is 4.59. The Morgan fingerprint density at radius 1 is 1.19 bits per heavy atom. The molecular weight excluding hydrogens is 364 g/mol. The van der Waals surface area contributed by atoms with Gasteiger partial charge in [-0.3, -0.25) is 9.52 Å². The van der Waals surface area contributed by atoms with E-state index in [0.717, 1.165) is 17.5 Å². The van der Waals surface area contributed by atoms with Gasteiger partial charge in [-0.25, -0.2) is 8.42 Å². The predicted octanol–water partition coefficient (Wildman–Crippen LogP) is 3.10. The van der Waals surface area contributed by atoms with Crippen LogP contribution in [0.4, 0.5) is 5.69 Å². The van der Waals surface area contributed by atoms with Gasteiger partial charge in [0.25, 0.3) is 10.0 Å². The summed E-state index contributed by atoms with van der Waals surface area (Å²) in [5, 5.41) is 0. The highest BCUT2D eigenvalue weighted by Gasteiger charge is 2.22. The SMILES string of the molecule is CCC(=O)N1CCc2ccc(NS(=O)(=O)c3ccc(OC)cc3C)cc2C1. The molecule has 0 bridgehead atoms. The number of rotatable bonds is 5. The zero-order chi connectivity index (χ0) is 19.6. The standard InChI is InChI=1S/C20H24N2O4S/c1-4-20(23)22-10-9-15-5-6-17(12-16(15)13-22)21-27(24,25)19-8-7-18(26-3)11-14(19)2/h5-8,11-12,21H,4,9-10,13H2,1-3H3. The molecule has 2 aromatic carbocycles. The fourth-order valence-electron chi connectivity index (χ4n) is 3.32. The molecule has 144 valence electrons. The highest BCUT2D eigenvalue weighted by Crippen LogP contribution is 2.26. The van der Waals surface area contributed by atoms with Crippen molar-refractivity contribution in [3.05, 3.63) is 53.1 Å². The number of hydrogen-bond donors (Lipinski definition) is 1. The molecule has 7 heteroatoms. The Hall–Kier alpha value is -2.54. The second-order valence-electron chi connectivity index (χ2n) is 6.64. The van der Waals surface area contributed by atoms with Crippen LogP contribution in [0.2, 0.25) is 0 Å². The van der Waals surface area contributed by atoms with Crippen LogP contribution in [0, 0.1) is 6.92 Å². The number of hydrogen-bond acceptors (Lipinski definition) is 4. The number of carbonyl (C=O) groups excluding carboxylic acids is 1. The number of nitrogens with one attached hydrogen (secondary N) is 1. The van der Waals surface area contributed by atoms with Gasteiger partial charge in [-0.1, -0.05) is 13.0 Å². The average Bonchev–Trinajstić information content (AvgIpc) is 2.66. The van der Waals surface area contributed by atoms with Crippen molar-refractivity contribution in [2.45, 2.75) is 38.1 Å². The molecule has 1 aliphatic heterocycles. The van der Waals surface area contributed by atoms with E-state index in [0.29, 0.717) is 36.5 Å². The van der Waals surface area contributed by atoms with Crippen LogP contribution >= 0.6 is 0 Å². The Bertz CT molecular complexity index is 970. The Morgan fingerprint density at radius 2 is 1.96 bits per heavy atom. The van der Waals surface area contributed by atoms with E-state index in [1.807, 2.05) is 24.0 Å². The summed E-state index contributed by atoms with van der Waals surface area (Å²) in [6, 6.07) is 10.4. The highest BCUT2D eigenvalue weighted by molar-refractivity contribution is 7.92. The molecule has 0 aromatic heterocycles. The summed E-state index contributed by atoms with van der Waals surface area (Å²) < 4.78 is 33.4. The Labute approximate surface area is 160 Å². The van der Waals surface area contributed by atoms with Gasteiger partial charge in [0.05, 0.1) is 12.0 Å². The lowest BCUT2D eigenvalue weighted by Crippen LogP contribution is -2.35. The van der Waals surface area contributed by atoms with Crippen LogP contribution in [0.25, 0.3) is 0 Å². The smallest absolute Gasteiger partial charge is 0.262 e. The molecule has 0 saturated carbocycles. The number of sulfonamides is 1. The fraction of sp³-hybridized carbons (Fsp3) is 0.350. The molecule has 0 atom stereocenters. The van der Waals surface area contributed by atoms with Crippen LogP contribution in [0.3, 0.4) is 0 Å². The lowest BCUT2D eigenvalue weighted by molar-refractivity contribution is -0.131. The van der Waals surface area contributed by atoms with Crippen molar-refractivity contribution in [2.24, 2.45) is 0 Å². The number of aryl methyl sites for hydroxylation is 1. The van der Waals surface area contributed by atoms with E-state index in [1.165, 1.54) is 6.07 Å². The number of benzene rings is 2. The molecule has 1 heterocycles. The van der Waals surface area contributed by atoms with Gasteiger partial charge >= 0.3 is 0 Å². The minimum absolute atomic E-state index is 0.112. The van der Waals surface area contributed by atoms with Gasteiger partial charge in [0.1, 0.15) is 5.75 Å². The molecule has 0 radical (unpaired) electrons. The molecule has 0 fully saturated rings. The summed E-state index contributed by atoms with van der Waals surface area (Å²) in [6.07, 6.45) is 1.25. The lowest BCUT2D eigenvalue weighted by atomic mass is 9.99. The topological polar surface area (TPSA) is 75.7 Å². The molecular formula is C20H24N2O4S. The summed E-state index contributed by atoms with van der Waals surface area (Å²) in [6.45, 7) is 4.80. The van der Waals surface area contributed by atoms with Gasteiger partial charge in [0, 0.05) is 25.2 Å². The molecule has 27 heavy (non-hydrogen) atoms. The van der Waals surface area contributed by atoms with Crippen LogP contribution in [-0.2, 0) is 27.8 Å². The van der Waals surface area contributed by atoms with Gasteiger partial charge in [-0.15, -0.1) is 0 Å². The Kier molecular flexibility index (Phi) is 5.41. The van der Waals surface area contributed by atoms with Crippen molar-refractivity contribution in [1.29, 1.82) is 0 Å². The minimum atomic E-state index is -3.72. The number of ether oxygens (including phenoxy) is 1. The van der Waals surface area contributed by atoms with Crippen LogP contribution in [-0.4, -0.2) is 32.9 Å². The molecule has 1 amide bonds. The van der Waals surface area contributed by atoms with Gasteiger partial charge in [-0.2, -0.15) is 0 Å². The van der Waals surface area contributed by atoms with E-state index in [4.69, 9.17) is 4.74 Å². The molecule has 2 aromatic rings. The number of anilines is 1. The number of amides is 1. The quantitative estimate of drug-likeness (QED) is 0.854. The van der Waals surface area contributed by atoms with Crippen LogP contribution in [0.1, 0.15) is 30.0 Å². The van der Waals surface area contributed by atoms with Crippen LogP contribution in [0.5, 0.6) is 5.75 Å². The summed E-state index contributed by atoms with van der Waals surface area (Å²) in [5.41, 5.74) is 3.24. The van der Waals surface area contributed by atoms with Gasteiger partial charge in [-0.05, 0) is 60.4 Å². The summed E-state index contributed by atoms with van der Waals surface area (Å²) in [7, 11) is -2.17. The second kappa shape index (κ2) is 7.60. The first kappa shape index (κ1) is 19.2. The van der Waals surface area contributed by atoms with E-state index in [2.05, 4.69) is 4.72 Å². The third-order valence-electron chi connectivity index (χ3n) is 4.80. The molecule has 1 aliphatic rings. The number of fused-ring (bicyclic) bond motifs is 1. The van der Waals surface area contributed by atoms with E-state index in [-0.39, 0.29) is 10.8 Å². The zero-order valence-corrected chi connectivity index (χ0v) is 16.6. The van der Waals surface area contributed by atoms with Crippen LogP contribution in [0.15, 0.2) is 41.3 Å². The average molecular weight is 388 g/mol. The van der Waals surface area contributed by atoms with Crippen molar-refractivity contribution in [2.75, 3.05) is 18.4 Å². The Balaban J connectivity index is 1.85. The molecule has 0 saturated heterocycles. The van der Waals surface area contributed by atoms with E-state index in [1.54, 1.807) is 32.2 Å². The minimum Gasteiger partial charge on any atom is -0.497 e. The van der Waals surface area contributed by atoms with Crippen molar-refractivity contribution < 1.29 is 17.9 Å². The first-order valence-electron chi connectivity index (χ1n) is 8.91. The highest BCUT2D eigenvalue weighted by atomic mass is 32.2. The first-order valence-corrected chi connectivity index (χ1v) is 10.4. The van der Waals surface area contributed by atoms with Crippen LogP contribution < -0.4 is 9.46 Å².